The highest BCUT2D eigenvalue weighted by atomic mass is 16.5. The smallest absolute Gasteiger partial charge is 0.126 e. The SMILES string of the molecule is C=CC.CC.Cc1c(O)cc2c(c1C)OC(C)(CCCC(C)CCCC(C)CCCC(C)C)CC2. The number of phenolic OH excluding ortho intramolecular Hbond substituents is 1. The van der Waals surface area contributed by atoms with E-state index in [1.807, 2.05) is 33.8 Å². The summed E-state index contributed by atoms with van der Waals surface area (Å²) in [5.41, 5.74) is 3.16. The van der Waals surface area contributed by atoms with Gasteiger partial charge in [-0.05, 0) is 93.9 Å². The van der Waals surface area contributed by atoms with Crippen LogP contribution >= 0.6 is 0 Å². The van der Waals surface area contributed by atoms with E-state index in [9.17, 15) is 5.11 Å². The standard InChI is InChI=1S/C28H48O2.C3H6.C2H6/c1-20(2)11-8-12-21(3)13-9-14-22(4)15-10-17-28(7)18-16-25-19-26(29)23(5)24(6)27(25)30-28;1-3-2;1-2/h19-22,29H,8-18H2,1-7H3;3H,1H2,2H3;1-2H3. The molecule has 1 aliphatic heterocycles. The van der Waals surface area contributed by atoms with E-state index in [1.54, 1.807) is 6.08 Å². The Bertz CT molecular complexity index is 706. The van der Waals surface area contributed by atoms with Crippen molar-refractivity contribution in [1.29, 1.82) is 0 Å². The fourth-order valence-corrected chi connectivity index (χ4v) is 4.94. The van der Waals surface area contributed by atoms with Crippen LogP contribution in [0.5, 0.6) is 11.5 Å². The summed E-state index contributed by atoms with van der Waals surface area (Å²) >= 11 is 0. The van der Waals surface area contributed by atoms with Crippen LogP contribution in [0.1, 0.15) is 136 Å². The van der Waals surface area contributed by atoms with Crippen molar-refractivity contribution in [3.05, 3.63) is 35.4 Å². The molecule has 0 aliphatic carbocycles. The topological polar surface area (TPSA) is 29.5 Å². The molecule has 1 aliphatic rings. The summed E-state index contributed by atoms with van der Waals surface area (Å²) < 4.78 is 6.52. The van der Waals surface area contributed by atoms with Crippen LogP contribution < -0.4 is 4.74 Å². The van der Waals surface area contributed by atoms with Crippen molar-refractivity contribution in [1.82, 2.24) is 0 Å². The van der Waals surface area contributed by atoms with E-state index in [0.717, 1.165) is 53.9 Å². The quantitative estimate of drug-likeness (QED) is 0.296. The number of fused-ring (bicyclic) bond motifs is 1. The number of benzene rings is 1. The molecule has 204 valence electrons. The molecule has 0 aromatic heterocycles. The van der Waals surface area contributed by atoms with Gasteiger partial charge in [0.1, 0.15) is 17.1 Å². The van der Waals surface area contributed by atoms with Crippen LogP contribution in [0.2, 0.25) is 0 Å². The van der Waals surface area contributed by atoms with Crippen LogP contribution in [-0.2, 0) is 6.42 Å². The molecular formula is C33H60O2. The minimum atomic E-state index is -0.0637. The molecule has 1 aromatic rings. The van der Waals surface area contributed by atoms with Gasteiger partial charge in [0.2, 0.25) is 0 Å². The Hall–Kier alpha value is -1.44. The summed E-state index contributed by atoms with van der Waals surface area (Å²) in [4.78, 5) is 0. The van der Waals surface area contributed by atoms with Gasteiger partial charge in [-0.15, -0.1) is 6.58 Å². The molecule has 2 heteroatoms. The van der Waals surface area contributed by atoms with Crippen LogP contribution in [0, 0.1) is 31.6 Å². The predicted octanol–water partition coefficient (Wildman–Crippen LogP) is 10.8. The van der Waals surface area contributed by atoms with Crippen molar-refractivity contribution in [3.8, 4) is 11.5 Å². The zero-order chi connectivity index (χ0) is 27.0. The Morgan fingerprint density at radius 3 is 1.94 bits per heavy atom. The lowest BCUT2D eigenvalue weighted by molar-refractivity contribution is 0.0514. The molecular weight excluding hydrogens is 428 g/mol. The lowest BCUT2D eigenvalue weighted by Crippen LogP contribution is -2.36. The van der Waals surface area contributed by atoms with Crippen molar-refractivity contribution in [3.63, 3.8) is 0 Å². The molecule has 0 bridgehead atoms. The monoisotopic (exact) mass is 488 g/mol. The second-order valence-electron chi connectivity index (χ2n) is 11.5. The van der Waals surface area contributed by atoms with E-state index in [0.29, 0.717) is 5.75 Å². The highest BCUT2D eigenvalue weighted by Crippen LogP contribution is 2.42. The minimum Gasteiger partial charge on any atom is -0.508 e. The average Bonchev–Trinajstić information content (AvgIpc) is 2.80. The first kappa shape index (κ1) is 33.6. The first-order chi connectivity index (χ1) is 16.5. The molecule has 0 spiro atoms. The Morgan fingerprint density at radius 1 is 0.943 bits per heavy atom. The van der Waals surface area contributed by atoms with Gasteiger partial charge in [0.05, 0.1) is 0 Å². The highest BCUT2D eigenvalue weighted by molar-refractivity contribution is 5.53. The summed E-state index contributed by atoms with van der Waals surface area (Å²) in [5.74, 6) is 3.98. The lowest BCUT2D eigenvalue weighted by Gasteiger charge is -2.37. The molecule has 1 N–H and O–H groups in total. The molecule has 0 amide bonds. The lowest BCUT2D eigenvalue weighted by atomic mass is 9.85. The molecule has 0 saturated heterocycles. The maximum Gasteiger partial charge on any atom is 0.126 e. The largest absolute Gasteiger partial charge is 0.508 e. The Balaban J connectivity index is 0.00000214. The fourth-order valence-electron chi connectivity index (χ4n) is 4.94. The maximum atomic E-state index is 10.1. The highest BCUT2D eigenvalue weighted by Gasteiger charge is 2.33. The van der Waals surface area contributed by atoms with Gasteiger partial charge >= 0.3 is 0 Å². The Morgan fingerprint density at radius 2 is 1.43 bits per heavy atom. The van der Waals surface area contributed by atoms with Gasteiger partial charge in [0.25, 0.3) is 0 Å². The predicted molar refractivity (Wildman–Crippen MR) is 157 cm³/mol. The second-order valence-corrected chi connectivity index (χ2v) is 11.5. The van der Waals surface area contributed by atoms with Crippen molar-refractivity contribution in [2.75, 3.05) is 0 Å². The van der Waals surface area contributed by atoms with Crippen molar-refractivity contribution in [2.45, 2.75) is 145 Å². The van der Waals surface area contributed by atoms with Crippen LogP contribution in [0.25, 0.3) is 0 Å². The van der Waals surface area contributed by atoms with Gasteiger partial charge in [-0.25, -0.2) is 0 Å². The third-order valence-electron chi connectivity index (χ3n) is 7.44. The molecule has 1 heterocycles. The summed E-state index contributed by atoms with van der Waals surface area (Å²) in [5, 5.41) is 10.1. The van der Waals surface area contributed by atoms with Crippen molar-refractivity contribution in [2.24, 2.45) is 17.8 Å². The van der Waals surface area contributed by atoms with E-state index < -0.39 is 0 Å². The first-order valence-electron chi connectivity index (χ1n) is 14.6. The molecule has 3 atom stereocenters. The van der Waals surface area contributed by atoms with Crippen LogP contribution in [-0.4, -0.2) is 10.7 Å². The second kappa shape index (κ2) is 17.9. The van der Waals surface area contributed by atoms with Gasteiger partial charge in [0, 0.05) is 0 Å². The average molecular weight is 489 g/mol. The molecule has 2 rings (SSSR count). The number of hydrogen-bond acceptors (Lipinski definition) is 2. The number of aromatic hydroxyl groups is 1. The van der Waals surface area contributed by atoms with Gasteiger partial charge in [-0.2, -0.15) is 0 Å². The number of phenols is 1. The van der Waals surface area contributed by atoms with E-state index in [2.05, 4.69) is 48.1 Å². The van der Waals surface area contributed by atoms with Crippen LogP contribution in [0.4, 0.5) is 0 Å². The van der Waals surface area contributed by atoms with Gasteiger partial charge < -0.3 is 9.84 Å². The fraction of sp³-hybridized carbons (Fsp3) is 0.758. The number of ether oxygens (including phenoxy) is 1. The maximum absolute atomic E-state index is 10.1. The van der Waals surface area contributed by atoms with E-state index >= 15 is 0 Å². The number of aryl methyl sites for hydroxylation is 1. The molecule has 3 unspecified atom stereocenters. The normalized spacial score (nSPS) is 18.3. The first-order valence-corrected chi connectivity index (χ1v) is 14.6. The van der Waals surface area contributed by atoms with Crippen LogP contribution in [0.3, 0.4) is 0 Å². The summed E-state index contributed by atoms with van der Waals surface area (Å²) in [6.45, 7) is 25.1. The minimum absolute atomic E-state index is 0.0637. The van der Waals surface area contributed by atoms with E-state index in [1.165, 1.54) is 56.9 Å². The molecule has 1 aromatic carbocycles. The van der Waals surface area contributed by atoms with Gasteiger partial charge in [-0.1, -0.05) is 92.6 Å². The third-order valence-corrected chi connectivity index (χ3v) is 7.44. The number of hydrogen-bond donors (Lipinski definition) is 1. The summed E-state index contributed by atoms with van der Waals surface area (Å²) in [6, 6.07) is 1.91. The molecule has 0 saturated carbocycles. The van der Waals surface area contributed by atoms with E-state index in [-0.39, 0.29) is 5.60 Å². The van der Waals surface area contributed by atoms with Crippen LogP contribution in [0.15, 0.2) is 18.7 Å². The number of rotatable bonds is 12. The third kappa shape index (κ3) is 12.9. The van der Waals surface area contributed by atoms with Crippen molar-refractivity contribution < 1.29 is 9.84 Å². The van der Waals surface area contributed by atoms with E-state index in [4.69, 9.17) is 4.74 Å². The molecule has 2 nitrogen and oxygen atoms in total. The Labute approximate surface area is 220 Å². The Kier molecular flexibility index (Phi) is 17.2. The molecule has 0 fully saturated rings. The summed E-state index contributed by atoms with van der Waals surface area (Å²) in [6.07, 6.45) is 15.8. The van der Waals surface area contributed by atoms with Crippen molar-refractivity contribution >= 4 is 0 Å². The van der Waals surface area contributed by atoms with Gasteiger partial charge in [-0.3, -0.25) is 0 Å². The zero-order valence-corrected chi connectivity index (χ0v) is 25.2. The number of allylic oxidation sites excluding steroid dienone is 1. The van der Waals surface area contributed by atoms with Gasteiger partial charge in [0.15, 0.2) is 0 Å². The summed E-state index contributed by atoms with van der Waals surface area (Å²) in [7, 11) is 0. The zero-order valence-electron chi connectivity index (χ0n) is 25.2. The molecule has 35 heavy (non-hydrogen) atoms. The molecule has 0 radical (unpaired) electrons.